The molecule has 0 bridgehead atoms. The first-order valence-electron chi connectivity index (χ1n) is 10.0. The van der Waals surface area contributed by atoms with Gasteiger partial charge in [-0.3, -0.25) is 4.79 Å². The van der Waals surface area contributed by atoms with Crippen molar-refractivity contribution in [2.75, 3.05) is 25.0 Å². The van der Waals surface area contributed by atoms with Gasteiger partial charge < -0.3 is 10.1 Å². The van der Waals surface area contributed by atoms with Crippen LogP contribution in [0.3, 0.4) is 0 Å². The second kappa shape index (κ2) is 9.72. The maximum absolute atomic E-state index is 12.5. The molecule has 1 N–H and O–H groups in total. The smallest absolute Gasteiger partial charge is 0.348 e. The van der Waals surface area contributed by atoms with Gasteiger partial charge in [0, 0.05) is 23.7 Å². The van der Waals surface area contributed by atoms with Gasteiger partial charge in [0.25, 0.3) is 5.91 Å². The van der Waals surface area contributed by atoms with Crippen LogP contribution in [0, 0.1) is 0 Å². The van der Waals surface area contributed by atoms with E-state index in [1.165, 1.54) is 50.3 Å². The Hall–Kier alpha value is -2.23. The van der Waals surface area contributed by atoms with Gasteiger partial charge in [-0.15, -0.1) is 11.3 Å². The van der Waals surface area contributed by atoms with E-state index in [4.69, 9.17) is 4.74 Å². The quantitative estimate of drug-likeness (QED) is 0.622. The zero-order valence-corrected chi connectivity index (χ0v) is 18.8. The monoisotopic (exact) mass is 450 g/mol. The van der Waals surface area contributed by atoms with Crippen molar-refractivity contribution in [1.29, 1.82) is 0 Å². The minimum absolute atomic E-state index is 0.164. The van der Waals surface area contributed by atoms with E-state index < -0.39 is 28.5 Å². The fraction of sp³-hybridized carbons (Fsp3) is 0.429. The van der Waals surface area contributed by atoms with Crippen LogP contribution in [0.4, 0.5) is 5.69 Å². The summed E-state index contributed by atoms with van der Waals surface area (Å²) in [6.07, 6.45) is 4.25. The molecule has 0 atom stereocenters. The number of amides is 1. The lowest BCUT2D eigenvalue weighted by molar-refractivity contribution is -0.119. The lowest BCUT2D eigenvalue weighted by Crippen LogP contribution is -2.30. The van der Waals surface area contributed by atoms with Crippen LogP contribution in [0.1, 0.15) is 46.8 Å². The van der Waals surface area contributed by atoms with Crippen LogP contribution in [0.15, 0.2) is 35.2 Å². The van der Waals surface area contributed by atoms with Gasteiger partial charge in [0.1, 0.15) is 4.88 Å². The number of hydrogen-bond acceptors (Lipinski definition) is 6. The Morgan fingerprint density at radius 3 is 2.40 bits per heavy atom. The topological polar surface area (TPSA) is 92.8 Å². The molecule has 162 valence electrons. The minimum Gasteiger partial charge on any atom is -0.451 e. The van der Waals surface area contributed by atoms with Gasteiger partial charge in [0.15, 0.2) is 6.61 Å². The summed E-state index contributed by atoms with van der Waals surface area (Å²) in [6, 6.07) is 7.80. The van der Waals surface area contributed by atoms with E-state index in [1.807, 2.05) is 6.07 Å². The Kier molecular flexibility index (Phi) is 7.27. The Morgan fingerprint density at radius 1 is 1.10 bits per heavy atom. The first-order chi connectivity index (χ1) is 14.3. The predicted octanol–water partition coefficient (Wildman–Crippen LogP) is 3.45. The van der Waals surface area contributed by atoms with Crippen molar-refractivity contribution >= 4 is 38.9 Å². The van der Waals surface area contributed by atoms with Crippen LogP contribution < -0.4 is 5.32 Å². The van der Waals surface area contributed by atoms with Crippen molar-refractivity contribution in [3.63, 3.8) is 0 Å². The number of nitrogens with zero attached hydrogens (tertiary/aromatic N) is 1. The molecule has 1 aromatic carbocycles. The maximum atomic E-state index is 12.5. The van der Waals surface area contributed by atoms with E-state index in [9.17, 15) is 18.0 Å². The summed E-state index contributed by atoms with van der Waals surface area (Å²) in [4.78, 5) is 26.3. The summed E-state index contributed by atoms with van der Waals surface area (Å²) >= 11 is 1.44. The van der Waals surface area contributed by atoms with Gasteiger partial charge in [-0.1, -0.05) is 13.8 Å². The minimum atomic E-state index is -3.55. The van der Waals surface area contributed by atoms with Crippen LogP contribution in [-0.2, 0) is 32.4 Å². The first kappa shape index (κ1) is 22.5. The molecule has 0 saturated heterocycles. The molecule has 1 aromatic heterocycles. The van der Waals surface area contributed by atoms with Crippen molar-refractivity contribution in [2.24, 2.45) is 0 Å². The highest BCUT2D eigenvalue weighted by Gasteiger charge is 2.22. The van der Waals surface area contributed by atoms with Gasteiger partial charge in [-0.2, -0.15) is 4.31 Å². The number of ether oxygens (including phenoxy) is 1. The lowest BCUT2D eigenvalue weighted by atomic mass is 9.99. The largest absolute Gasteiger partial charge is 0.451 e. The van der Waals surface area contributed by atoms with E-state index >= 15 is 0 Å². The normalized spacial score (nSPS) is 13.7. The standard InChI is InChI=1S/C21H26N2O5S2/c1-3-23(4-2)30(26,27)17-11-9-16(10-12-17)22-20(24)14-28-21(25)19-13-15-7-5-6-8-18(15)29-19/h9-13H,3-8,14H2,1-2H3,(H,22,24). The molecular formula is C21H26N2O5S2. The van der Waals surface area contributed by atoms with E-state index in [0.717, 1.165) is 25.7 Å². The van der Waals surface area contributed by atoms with E-state index in [-0.39, 0.29) is 4.90 Å². The van der Waals surface area contributed by atoms with Gasteiger partial charge >= 0.3 is 5.97 Å². The number of rotatable bonds is 8. The lowest BCUT2D eigenvalue weighted by Gasteiger charge is -2.18. The number of carbonyl (C=O) groups is 2. The first-order valence-corrected chi connectivity index (χ1v) is 12.3. The molecule has 0 aliphatic heterocycles. The van der Waals surface area contributed by atoms with E-state index in [0.29, 0.717) is 23.7 Å². The predicted molar refractivity (Wildman–Crippen MR) is 116 cm³/mol. The number of fused-ring (bicyclic) bond motifs is 1. The third-order valence-corrected chi connectivity index (χ3v) is 8.29. The van der Waals surface area contributed by atoms with Gasteiger partial charge in [0.2, 0.25) is 10.0 Å². The summed E-state index contributed by atoms with van der Waals surface area (Å²) < 4.78 is 31.5. The Morgan fingerprint density at radius 2 is 1.77 bits per heavy atom. The molecule has 9 heteroatoms. The second-order valence-corrected chi connectivity index (χ2v) is 10.1. The second-order valence-electron chi connectivity index (χ2n) is 7.00. The number of thiophene rings is 1. The summed E-state index contributed by atoms with van der Waals surface area (Å²) in [6.45, 7) is 3.93. The number of hydrogen-bond donors (Lipinski definition) is 1. The molecule has 0 saturated carbocycles. The number of aryl methyl sites for hydroxylation is 2. The molecular weight excluding hydrogens is 424 g/mol. The van der Waals surface area contributed by atoms with Crippen molar-refractivity contribution in [3.05, 3.63) is 45.6 Å². The fourth-order valence-electron chi connectivity index (χ4n) is 3.41. The van der Waals surface area contributed by atoms with Crippen molar-refractivity contribution in [3.8, 4) is 0 Å². The number of sulfonamides is 1. The van der Waals surface area contributed by atoms with Crippen molar-refractivity contribution in [2.45, 2.75) is 44.4 Å². The van der Waals surface area contributed by atoms with Gasteiger partial charge in [0.05, 0.1) is 4.90 Å². The summed E-state index contributed by atoms with van der Waals surface area (Å²) in [7, 11) is -3.55. The van der Waals surface area contributed by atoms with E-state index in [1.54, 1.807) is 13.8 Å². The number of esters is 1. The Balaban J connectivity index is 1.55. The highest BCUT2D eigenvalue weighted by molar-refractivity contribution is 7.89. The highest BCUT2D eigenvalue weighted by Crippen LogP contribution is 2.30. The summed E-state index contributed by atoms with van der Waals surface area (Å²) in [5.74, 6) is -0.978. The van der Waals surface area contributed by atoms with Gasteiger partial charge in [-0.25, -0.2) is 13.2 Å². The number of nitrogens with one attached hydrogen (secondary N) is 1. The van der Waals surface area contributed by atoms with Crippen LogP contribution >= 0.6 is 11.3 Å². The third kappa shape index (κ3) is 5.08. The average molecular weight is 451 g/mol. The molecule has 0 spiro atoms. The van der Waals surface area contributed by atoms with Crippen LogP contribution in [0.2, 0.25) is 0 Å². The summed E-state index contributed by atoms with van der Waals surface area (Å²) in [5, 5.41) is 2.61. The molecule has 1 aliphatic carbocycles. The van der Waals surface area contributed by atoms with Crippen LogP contribution in [0.5, 0.6) is 0 Å². The molecule has 1 aliphatic rings. The fourth-order valence-corrected chi connectivity index (χ4v) is 6.02. The average Bonchev–Trinajstić information content (AvgIpc) is 3.17. The zero-order chi connectivity index (χ0) is 21.7. The number of benzene rings is 1. The Bertz CT molecular complexity index is 985. The van der Waals surface area contributed by atoms with Crippen LogP contribution in [-0.4, -0.2) is 44.3 Å². The molecule has 1 heterocycles. The SMILES string of the molecule is CCN(CC)S(=O)(=O)c1ccc(NC(=O)COC(=O)c2cc3c(s2)CCCC3)cc1. The third-order valence-electron chi connectivity index (χ3n) is 5.01. The van der Waals surface area contributed by atoms with E-state index in [2.05, 4.69) is 5.32 Å². The summed E-state index contributed by atoms with van der Waals surface area (Å²) in [5.41, 5.74) is 1.64. The molecule has 7 nitrogen and oxygen atoms in total. The number of anilines is 1. The molecule has 3 rings (SSSR count). The molecule has 2 aromatic rings. The molecule has 0 fully saturated rings. The molecule has 30 heavy (non-hydrogen) atoms. The number of carbonyl (C=O) groups excluding carboxylic acids is 2. The molecule has 0 unspecified atom stereocenters. The van der Waals surface area contributed by atoms with Gasteiger partial charge in [-0.05, 0) is 61.6 Å². The highest BCUT2D eigenvalue weighted by atomic mass is 32.2. The molecule has 1 amide bonds. The maximum Gasteiger partial charge on any atom is 0.348 e. The van der Waals surface area contributed by atoms with Crippen molar-refractivity contribution in [1.82, 2.24) is 4.31 Å². The zero-order valence-electron chi connectivity index (χ0n) is 17.1. The Labute approximate surface area is 181 Å². The van der Waals surface area contributed by atoms with Crippen LogP contribution in [0.25, 0.3) is 0 Å². The van der Waals surface area contributed by atoms with Crippen molar-refractivity contribution < 1.29 is 22.7 Å². The molecule has 0 radical (unpaired) electrons.